The maximum absolute atomic E-state index is 11.2. The first-order valence-corrected chi connectivity index (χ1v) is 5.88. The summed E-state index contributed by atoms with van der Waals surface area (Å²) >= 11 is 0. The van der Waals surface area contributed by atoms with Gasteiger partial charge in [-0.3, -0.25) is 0 Å². The molecule has 2 N–H and O–H groups in total. The molecule has 0 aliphatic carbocycles. The molecule has 0 bridgehead atoms. The Bertz CT molecular complexity index is 429. The number of nitrogens with zero attached hydrogens (tertiary/aromatic N) is 1. The van der Waals surface area contributed by atoms with Gasteiger partial charge in [0.2, 0.25) is 0 Å². The SMILES string of the molecule is CNC(C)(C)C/C=C\CCn1c(C)[nH+]oc1=O. The van der Waals surface area contributed by atoms with E-state index in [2.05, 4.69) is 41.0 Å². The molecule has 0 fully saturated rings. The van der Waals surface area contributed by atoms with Crippen molar-refractivity contribution in [3.63, 3.8) is 0 Å². The van der Waals surface area contributed by atoms with Gasteiger partial charge in [-0.15, -0.1) is 0 Å². The molecule has 1 rings (SSSR count). The largest absolute Gasteiger partial charge is 0.549 e. The van der Waals surface area contributed by atoms with Crippen molar-refractivity contribution in [2.24, 2.45) is 0 Å². The predicted molar refractivity (Wildman–Crippen MR) is 65.8 cm³/mol. The van der Waals surface area contributed by atoms with E-state index in [0.29, 0.717) is 6.54 Å². The molecule has 1 aromatic rings. The van der Waals surface area contributed by atoms with Gasteiger partial charge in [-0.1, -0.05) is 17.3 Å². The lowest BCUT2D eigenvalue weighted by Gasteiger charge is -2.21. The summed E-state index contributed by atoms with van der Waals surface area (Å²) in [5.41, 5.74) is 0.118. The average molecular weight is 240 g/mol. The van der Waals surface area contributed by atoms with E-state index in [0.717, 1.165) is 18.7 Å². The van der Waals surface area contributed by atoms with E-state index >= 15 is 0 Å². The van der Waals surface area contributed by atoms with Crippen LogP contribution >= 0.6 is 0 Å². The Labute approximate surface area is 101 Å². The number of aryl methyl sites for hydroxylation is 1. The Morgan fingerprint density at radius 2 is 2.18 bits per heavy atom. The van der Waals surface area contributed by atoms with Crippen LogP contribution in [0.2, 0.25) is 0 Å². The molecule has 0 radical (unpaired) electrons. The highest BCUT2D eigenvalue weighted by Crippen LogP contribution is 2.07. The van der Waals surface area contributed by atoms with Crippen molar-refractivity contribution < 1.29 is 9.68 Å². The maximum Gasteiger partial charge on any atom is 0.549 e. The highest BCUT2D eigenvalue weighted by molar-refractivity contribution is 4.91. The van der Waals surface area contributed by atoms with Crippen LogP contribution in [0.25, 0.3) is 0 Å². The molecule has 0 atom stereocenters. The number of rotatable bonds is 6. The van der Waals surface area contributed by atoms with E-state index < -0.39 is 0 Å². The molecule has 17 heavy (non-hydrogen) atoms. The van der Waals surface area contributed by atoms with Crippen LogP contribution < -0.4 is 16.2 Å². The highest BCUT2D eigenvalue weighted by atomic mass is 16.5. The monoisotopic (exact) mass is 240 g/mol. The fraction of sp³-hybridized carbons (Fsp3) is 0.667. The van der Waals surface area contributed by atoms with Crippen LogP contribution in [0.4, 0.5) is 0 Å². The number of aromatic amines is 1. The minimum atomic E-state index is -0.327. The first-order chi connectivity index (χ1) is 7.96. The van der Waals surface area contributed by atoms with Crippen molar-refractivity contribution >= 4 is 0 Å². The lowest BCUT2D eigenvalue weighted by molar-refractivity contribution is -0.618. The van der Waals surface area contributed by atoms with E-state index in [-0.39, 0.29) is 11.3 Å². The Morgan fingerprint density at radius 3 is 2.71 bits per heavy atom. The van der Waals surface area contributed by atoms with Gasteiger partial charge >= 0.3 is 5.76 Å². The third kappa shape index (κ3) is 4.19. The minimum Gasteiger partial charge on any atom is -0.315 e. The van der Waals surface area contributed by atoms with Gasteiger partial charge in [0.15, 0.2) is 0 Å². The Balaban J connectivity index is 2.39. The predicted octanol–water partition coefficient (Wildman–Crippen LogP) is 0.898. The van der Waals surface area contributed by atoms with Gasteiger partial charge < -0.3 is 5.32 Å². The van der Waals surface area contributed by atoms with Crippen LogP contribution in [0.3, 0.4) is 0 Å². The molecule has 0 aliphatic heterocycles. The lowest BCUT2D eigenvalue weighted by atomic mass is 10.0. The number of H-pyrrole nitrogens is 1. The second-order valence-corrected chi connectivity index (χ2v) is 4.81. The fourth-order valence-corrected chi connectivity index (χ4v) is 1.43. The smallest absolute Gasteiger partial charge is 0.315 e. The van der Waals surface area contributed by atoms with Crippen molar-refractivity contribution in [3.8, 4) is 0 Å². The van der Waals surface area contributed by atoms with Crippen LogP contribution in [-0.4, -0.2) is 17.2 Å². The zero-order chi connectivity index (χ0) is 12.9. The van der Waals surface area contributed by atoms with Crippen molar-refractivity contribution in [1.82, 2.24) is 9.88 Å². The summed E-state index contributed by atoms with van der Waals surface area (Å²) in [4.78, 5) is 11.2. The van der Waals surface area contributed by atoms with Crippen LogP contribution in [0.1, 0.15) is 32.5 Å². The van der Waals surface area contributed by atoms with Gasteiger partial charge in [-0.25, -0.2) is 4.52 Å². The molecule has 1 heterocycles. The summed E-state index contributed by atoms with van der Waals surface area (Å²) in [5.74, 6) is 0.422. The normalized spacial score (nSPS) is 12.5. The van der Waals surface area contributed by atoms with E-state index in [1.54, 1.807) is 4.57 Å². The van der Waals surface area contributed by atoms with Crippen LogP contribution in [0.15, 0.2) is 21.5 Å². The first kappa shape index (κ1) is 13.7. The molecule has 0 aliphatic rings. The van der Waals surface area contributed by atoms with Gasteiger partial charge in [0.1, 0.15) is 6.54 Å². The number of hydrogen-bond acceptors (Lipinski definition) is 3. The lowest BCUT2D eigenvalue weighted by Crippen LogP contribution is -2.35. The fourth-order valence-electron chi connectivity index (χ4n) is 1.43. The van der Waals surface area contributed by atoms with Crippen molar-refractivity contribution in [3.05, 3.63) is 28.5 Å². The van der Waals surface area contributed by atoms with Crippen molar-refractivity contribution in [1.29, 1.82) is 0 Å². The summed E-state index contributed by atoms with van der Waals surface area (Å²) in [7, 11) is 1.96. The van der Waals surface area contributed by atoms with E-state index in [1.807, 2.05) is 14.0 Å². The van der Waals surface area contributed by atoms with Crippen LogP contribution in [0.5, 0.6) is 0 Å². The minimum absolute atomic E-state index is 0.118. The first-order valence-electron chi connectivity index (χ1n) is 5.88. The molecule has 0 amide bonds. The molecule has 1 aromatic heterocycles. The molecule has 0 unspecified atom stereocenters. The van der Waals surface area contributed by atoms with E-state index in [9.17, 15) is 4.79 Å². The quantitative estimate of drug-likeness (QED) is 0.751. The standard InChI is InChI=1S/C12H21N3O2/c1-10-14-17-11(16)15(10)9-7-5-6-8-12(2,3)13-4/h5-6,13H,7-9H2,1-4H3/p+1/b6-5-. The second-order valence-electron chi connectivity index (χ2n) is 4.81. The van der Waals surface area contributed by atoms with Crippen LogP contribution in [0, 0.1) is 6.92 Å². The molecule has 96 valence electrons. The Hall–Kier alpha value is -1.36. The maximum atomic E-state index is 11.2. The molecule has 0 saturated carbocycles. The third-order valence-electron chi connectivity index (χ3n) is 2.90. The van der Waals surface area contributed by atoms with Crippen molar-refractivity contribution in [2.75, 3.05) is 7.05 Å². The molecular weight excluding hydrogens is 218 g/mol. The average Bonchev–Trinajstić information content (AvgIpc) is 2.59. The van der Waals surface area contributed by atoms with Gasteiger partial charge in [-0.2, -0.15) is 9.36 Å². The highest BCUT2D eigenvalue weighted by Gasteiger charge is 2.13. The Morgan fingerprint density at radius 1 is 1.47 bits per heavy atom. The zero-order valence-electron chi connectivity index (χ0n) is 11.0. The summed E-state index contributed by atoms with van der Waals surface area (Å²) in [6, 6.07) is 0. The number of hydrogen-bond donors (Lipinski definition) is 1. The summed E-state index contributed by atoms with van der Waals surface area (Å²) in [5, 5.41) is 5.79. The second kappa shape index (κ2) is 5.82. The molecule has 0 aromatic carbocycles. The van der Waals surface area contributed by atoms with Gasteiger partial charge in [0, 0.05) is 18.9 Å². The molecule has 5 nitrogen and oxygen atoms in total. The topological polar surface area (TPSA) is 61.3 Å². The van der Waals surface area contributed by atoms with Gasteiger partial charge in [-0.05, 0) is 27.3 Å². The molecular formula is C12H22N3O2+. The van der Waals surface area contributed by atoms with E-state index in [1.165, 1.54) is 0 Å². The molecule has 5 heteroatoms. The number of allylic oxidation sites excluding steroid dienone is 1. The summed E-state index contributed by atoms with van der Waals surface area (Å²) < 4.78 is 6.26. The third-order valence-corrected chi connectivity index (χ3v) is 2.90. The summed E-state index contributed by atoms with van der Waals surface area (Å²) in [6.45, 7) is 6.76. The number of aromatic nitrogens is 2. The zero-order valence-corrected chi connectivity index (χ0v) is 11.0. The van der Waals surface area contributed by atoms with Gasteiger partial charge in [0.05, 0.1) is 0 Å². The van der Waals surface area contributed by atoms with Crippen molar-refractivity contribution in [2.45, 2.75) is 45.7 Å². The molecule has 0 saturated heterocycles. The molecule has 0 spiro atoms. The van der Waals surface area contributed by atoms with Gasteiger partial charge in [0.25, 0.3) is 5.82 Å². The number of nitrogens with one attached hydrogen (secondary N) is 2. The summed E-state index contributed by atoms with van der Waals surface area (Å²) in [6.07, 6.45) is 6.03. The Kier molecular flexibility index (Phi) is 4.69. The van der Waals surface area contributed by atoms with Crippen LogP contribution in [-0.2, 0) is 6.54 Å². The van der Waals surface area contributed by atoms with E-state index in [4.69, 9.17) is 0 Å².